The summed E-state index contributed by atoms with van der Waals surface area (Å²) < 4.78 is 21.4. The summed E-state index contributed by atoms with van der Waals surface area (Å²) in [4.78, 5) is 24.8. The van der Waals surface area contributed by atoms with Crippen molar-refractivity contribution in [2.24, 2.45) is 5.92 Å². The van der Waals surface area contributed by atoms with Crippen molar-refractivity contribution < 1.29 is 43.9 Å². The third-order valence-corrected chi connectivity index (χ3v) is 4.52. The Balaban J connectivity index is 3.25. The zero-order valence-corrected chi connectivity index (χ0v) is 17.6. The molecule has 0 aliphatic carbocycles. The topological polar surface area (TPSA) is 144 Å². The Kier molecular flexibility index (Phi) is 9.04. The number of aliphatic hydroxyl groups excluding tert-OH is 3. The summed E-state index contributed by atoms with van der Waals surface area (Å²) in [7, 11) is 1.15. The van der Waals surface area contributed by atoms with Crippen LogP contribution >= 0.6 is 0 Å². The summed E-state index contributed by atoms with van der Waals surface area (Å²) in [6.07, 6.45) is -3.72. The highest BCUT2D eigenvalue weighted by Gasteiger charge is 2.55. The molecule has 1 saturated heterocycles. The number of amides is 1. The fourth-order valence-electron chi connectivity index (χ4n) is 3.06. The molecule has 10 nitrogen and oxygen atoms in total. The first kappa shape index (κ1) is 25.3. The fourth-order valence-corrected chi connectivity index (χ4v) is 3.06. The van der Waals surface area contributed by atoms with Gasteiger partial charge in [-0.2, -0.15) is 0 Å². The predicted molar refractivity (Wildman–Crippen MR) is 102 cm³/mol. The van der Waals surface area contributed by atoms with E-state index in [1.807, 2.05) is 0 Å². The number of carbonyl (C=O) groups excluding carboxylic acids is 2. The van der Waals surface area contributed by atoms with Crippen molar-refractivity contribution >= 4 is 12.1 Å². The molecule has 0 bridgehead atoms. The second-order valence-corrected chi connectivity index (χ2v) is 7.98. The maximum absolute atomic E-state index is 12.5. The Bertz CT molecular complexity index is 577. The molecule has 0 saturated carbocycles. The van der Waals surface area contributed by atoms with Gasteiger partial charge in [-0.25, -0.2) is 9.59 Å². The van der Waals surface area contributed by atoms with Gasteiger partial charge in [-0.3, -0.25) is 0 Å². The zero-order valence-electron chi connectivity index (χ0n) is 17.6. The van der Waals surface area contributed by atoms with E-state index >= 15 is 0 Å². The van der Waals surface area contributed by atoms with E-state index in [1.54, 1.807) is 27.7 Å². The van der Waals surface area contributed by atoms with Gasteiger partial charge >= 0.3 is 12.1 Å². The van der Waals surface area contributed by atoms with E-state index in [0.717, 1.165) is 7.11 Å². The van der Waals surface area contributed by atoms with Gasteiger partial charge in [0, 0.05) is 18.4 Å². The molecule has 1 rings (SSSR count). The van der Waals surface area contributed by atoms with Crippen LogP contribution in [0, 0.1) is 5.92 Å². The Hall–Kier alpha value is -1.72. The van der Waals surface area contributed by atoms with Crippen molar-refractivity contribution in [3.63, 3.8) is 0 Å². The van der Waals surface area contributed by atoms with Crippen molar-refractivity contribution in [1.82, 2.24) is 5.32 Å². The first-order chi connectivity index (χ1) is 13.4. The molecular weight excluding hydrogens is 386 g/mol. The SMILES string of the molecule is C=CCO[C@]1(C(=O)OC)C[C@@H](NC(=O)OC(C)(C)C)[C@@H](C)C([C@H](O)[C@H](O)CO)O1. The summed E-state index contributed by atoms with van der Waals surface area (Å²) >= 11 is 0. The number of methoxy groups -OCH3 is 1. The highest BCUT2D eigenvalue weighted by atomic mass is 16.7. The molecule has 0 spiro atoms. The Morgan fingerprint density at radius 1 is 1.38 bits per heavy atom. The van der Waals surface area contributed by atoms with E-state index in [0.29, 0.717) is 0 Å². The molecule has 29 heavy (non-hydrogen) atoms. The van der Waals surface area contributed by atoms with Crippen molar-refractivity contribution in [3.05, 3.63) is 12.7 Å². The summed E-state index contributed by atoms with van der Waals surface area (Å²) in [6, 6.07) is -0.743. The molecule has 0 aromatic heterocycles. The smallest absolute Gasteiger partial charge is 0.407 e. The quantitative estimate of drug-likeness (QED) is 0.318. The average molecular weight is 419 g/mol. The van der Waals surface area contributed by atoms with Gasteiger partial charge in [0.05, 0.1) is 26.4 Å². The lowest BCUT2D eigenvalue weighted by Gasteiger charge is -2.47. The van der Waals surface area contributed by atoms with Crippen LogP contribution < -0.4 is 5.32 Å². The molecule has 1 aliphatic heterocycles. The zero-order chi connectivity index (χ0) is 22.4. The van der Waals surface area contributed by atoms with Gasteiger partial charge in [-0.15, -0.1) is 6.58 Å². The van der Waals surface area contributed by atoms with Gasteiger partial charge in [-0.05, 0) is 20.8 Å². The van der Waals surface area contributed by atoms with Crippen LogP contribution in [0.5, 0.6) is 0 Å². The van der Waals surface area contributed by atoms with Gasteiger partial charge in [-0.1, -0.05) is 13.0 Å². The van der Waals surface area contributed by atoms with Gasteiger partial charge in [0.15, 0.2) is 0 Å². The van der Waals surface area contributed by atoms with Crippen LogP contribution in [0.4, 0.5) is 4.79 Å². The standard InChI is InChI=1S/C19H33NO9/c1-7-8-27-19(16(24)26-6)9-12(20-17(25)29-18(3,4)5)11(2)15(28-19)14(23)13(22)10-21/h7,11-15,21-23H,1,8-10H2,2-6H3,(H,20,25)/t11-,12-,13-,14-,15?,19-/m1/s1. The van der Waals surface area contributed by atoms with E-state index < -0.39 is 60.3 Å². The van der Waals surface area contributed by atoms with Crippen LogP contribution in [0.25, 0.3) is 0 Å². The van der Waals surface area contributed by atoms with Gasteiger partial charge < -0.3 is 39.6 Å². The molecule has 4 N–H and O–H groups in total. The minimum atomic E-state index is -1.96. The highest BCUT2D eigenvalue weighted by Crippen LogP contribution is 2.37. The highest BCUT2D eigenvalue weighted by molar-refractivity contribution is 5.78. The van der Waals surface area contributed by atoms with Crippen LogP contribution in [-0.2, 0) is 23.7 Å². The molecule has 1 amide bonds. The lowest BCUT2D eigenvalue weighted by molar-refractivity contribution is -0.304. The minimum absolute atomic E-state index is 0.0754. The summed E-state index contributed by atoms with van der Waals surface area (Å²) in [5.74, 6) is -3.42. The third-order valence-electron chi connectivity index (χ3n) is 4.52. The van der Waals surface area contributed by atoms with Gasteiger partial charge in [0.25, 0.3) is 5.79 Å². The second kappa shape index (κ2) is 10.4. The van der Waals surface area contributed by atoms with E-state index in [2.05, 4.69) is 11.9 Å². The van der Waals surface area contributed by atoms with Gasteiger partial charge in [0.1, 0.15) is 17.8 Å². The maximum Gasteiger partial charge on any atom is 0.407 e. The number of hydrogen-bond donors (Lipinski definition) is 4. The van der Waals surface area contributed by atoms with Crippen molar-refractivity contribution in [2.75, 3.05) is 20.3 Å². The fraction of sp³-hybridized carbons (Fsp3) is 0.789. The number of esters is 1. The predicted octanol–water partition coefficient (Wildman–Crippen LogP) is 0.0907. The number of hydrogen-bond acceptors (Lipinski definition) is 9. The molecule has 0 radical (unpaired) electrons. The normalized spacial score (nSPS) is 29.4. The number of alkyl carbamates (subject to hydrolysis) is 1. The Labute approximate surface area is 170 Å². The molecule has 10 heteroatoms. The molecule has 168 valence electrons. The monoisotopic (exact) mass is 419 g/mol. The number of nitrogens with one attached hydrogen (secondary N) is 1. The lowest BCUT2D eigenvalue weighted by atomic mass is 9.83. The summed E-state index contributed by atoms with van der Waals surface area (Å²) in [5, 5.41) is 32.2. The van der Waals surface area contributed by atoms with Crippen LogP contribution in [0.1, 0.15) is 34.1 Å². The third kappa shape index (κ3) is 6.65. The molecule has 0 aromatic rings. The molecule has 1 aliphatic rings. The van der Waals surface area contributed by atoms with Crippen LogP contribution in [0.15, 0.2) is 12.7 Å². The van der Waals surface area contributed by atoms with Crippen LogP contribution in [0.2, 0.25) is 0 Å². The Morgan fingerprint density at radius 3 is 2.48 bits per heavy atom. The Morgan fingerprint density at radius 2 is 2.00 bits per heavy atom. The average Bonchev–Trinajstić information content (AvgIpc) is 2.65. The van der Waals surface area contributed by atoms with Crippen molar-refractivity contribution in [3.8, 4) is 0 Å². The minimum Gasteiger partial charge on any atom is -0.465 e. The van der Waals surface area contributed by atoms with Gasteiger partial charge in [0.2, 0.25) is 0 Å². The summed E-state index contributed by atoms with van der Waals surface area (Å²) in [6.45, 7) is 9.51. The van der Waals surface area contributed by atoms with Crippen molar-refractivity contribution in [1.29, 1.82) is 0 Å². The van der Waals surface area contributed by atoms with E-state index in [4.69, 9.17) is 18.9 Å². The first-order valence-electron chi connectivity index (χ1n) is 9.38. The molecule has 1 fully saturated rings. The summed E-state index contributed by atoms with van der Waals surface area (Å²) in [5.41, 5.74) is -0.747. The molecule has 1 heterocycles. The molecule has 1 unspecified atom stereocenters. The number of rotatable bonds is 8. The van der Waals surface area contributed by atoms with Crippen molar-refractivity contribution in [2.45, 2.75) is 69.9 Å². The second-order valence-electron chi connectivity index (χ2n) is 7.98. The number of aliphatic hydroxyl groups is 3. The van der Waals surface area contributed by atoms with E-state index in [-0.39, 0.29) is 13.0 Å². The number of carbonyl (C=O) groups is 2. The first-order valence-corrected chi connectivity index (χ1v) is 9.38. The molecule has 6 atom stereocenters. The molecule has 0 aromatic carbocycles. The van der Waals surface area contributed by atoms with Crippen LogP contribution in [0.3, 0.4) is 0 Å². The van der Waals surface area contributed by atoms with E-state index in [9.17, 15) is 24.9 Å². The van der Waals surface area contributed by atoms with Crippen LogP contribution in [-0.4, -0.2) is 83.4 Å². The number of ether oxygens (including phenoxy) is 4. The molecular formula is C19H33NO9. The van der Waals surface area contributed by atoms with E-state index in [1.165, 1.54) is 6.08 Å². The largest absolute Gasteiger partial charge is 0.465 e. The lowest BCUT2D eigenvalue weighted by Crippen LogP contribution is -2.64. The maximum atomic E-state index is 12.5.